The Morgan fingerprint density at radius 1 is 1.38 bits per heavy atom. The molecule has 1 amide bonds. The Bertz CT molecular complexity index is 581. The van der Waals surface area contributed by atoms with Gasteiger partial charge in [0.25, 0.3) is 0 Å². The molecule has 0 aliphatic carbocycles. The highest BCUT2D eigenvalue weighted by molar-refractivity contribution is 6.30. The van der Waals surface area contributed by atoms with Crippen LogP contribution in [0.25, 0.3) is 0 Å². The highest BCUT2D eigenvalue weighted by atomic mass is 35.5. The molecular formula is C18H26ClFN2O2. The number of likely N-dealkylation sites (tertiary alicyclic amines) is 1. The van der Waals surface area contributed by atoms with Gasteiger partial charge in [-0.2, -0.15) is 0 Å². The van der Waals surface area contributed by atoms with Crippen LogP contribution < -0.4 is 5.32 Å². The van der Waals surface area contributed by atoms with Gasteiger partial charge in [-0.25, -0.2) is 9.18 Å². The van der Waals surface area contributed by atoms with Crippen molar-refractivity contribution in [3.05, 3.63) is 29.0 Å². The average molecular weight is 357 g/mol. The first-order valence-electron chi connectivity index (χ1n) is 8.35. The van der Waals surface area contributed by atoms with Crippen LogP contribution in [0.5, 0.6) is 0 Å². The first kappa shape index (κ1) is 18.8. The fourth-order valence-corrected chi connectivity index (χ4v) is 3.04. The predicted octanol–water partition coefficient (Wildman–Crippen LogP) is 4.93. The third-order valence-electron chi connectivity index (χ3n) is 4.21. The first-order chi connectivity index (χ1) is 11.2. The van der Waals surface area contributed by atoms with Crippen molar-refractivity contribution in [2.45, 2.75) is 52.2 Å². The third-order valence-corrected chi connectivity index (χ3v) is 4.45. The van der Waals surface area contributed by atoms with Crippen molar-refractivity contribution in [1.29, 1.82) is 0 Å². The van der Waals surface area contributed by atoms with E-state index < -0.39 is 5.60 Å². The number of amides is 1. The zero-order valence-corrected chi connectivity index (χ0v) is 15.5. The predicted molar refractivity (Wildman–Crippen MR) is 95.0 cm³/mol. The fourth-order valence-electron chi connectivity index (χ4n) is 2.88. The maximum Gasteiger partial charge on any atom is 0.410 e. The van der Waals surface area contributed by atoms with E-state index in [1.807, 2.05) is 27.7 Å². The lowest BCUT2D eigenvalue weighted by Crippen LogP contribution is -2.44. The number of hydrogen-bond donors (Lipinski definition) is 1. The molecule has 1 aromatic rings. The second-order valence-corrected chi connectivity index (χ2v) is 7.80. The third kappa shape index (κ3) is 5.26. The van der Waals surface area contributed by atoms with Crippen molar-refractivity contribution < 1.29 is 13.9 Å². The van der Waals surface area contributed by atoms with E-state index in [4.69, 9.17) is 16.3 Å². The second-order valence-electron chi connectivity index (χ2n) is 7.36. The molecule has 1 saturated heterocycles. The van der Waals surface area contributed by atoms with Crippen molar-refractivity contribution in [1.82, 2.24) is 4.90 Å². The largest absolute Gasteiger partial charge is 0.444 e. The molecule has 0 aromatic heterocycles. The molecule has 134 valence electrons. The normalized spacial score (nSPS) is 17.5. The summed E-state index contributed by atoms with van der Waals surface area (Å²) < 4.78 is 19.3. The highest BCUT2D eigenvalue weighted by Gasteiger charge is 2.29. The lowest BCUT2D eigenvalue weighted by atomic mass is 9.90. The number of rotatable bonds is 3. The monoisotopic (exact) mass is 356 g/mol. The van der Waals surface area contributed by atoms with Gasteiger partial charge in [-0.05, 0) is 64.7 Å². The summed E-state index contributed by atoms with van der Waals surface area (Å²) in [6, 6.07) is 4.75. The molecule has 1 atom stereocenters. The Hall–Kier alpha value is -1.49. The van der Waals surface area contributed by atoms with Gasteiger partial charge in [-0.3, -0.25) is 0 Å². The number of benzene rings is 1. The van der Waals surface area contributed by atoms with Crippen LogP contribution in [-0.2, 0) is 4.74 Å². The molecule has 2 rings (SSSR count). The van der Waals surface area contributed by atoms with Crippen molar-refractivity contribution in [3.8, 4) is 0 Å². The van der Waals surface area contributed by atoms with E-state index >= 15 is 0 Å². The summed E-state index contributed by atoms with van der Waals surface area (Å²) in [6.07, 6.45) is 1.47. The number of nitrogens with one attached hydrogen (secondary N) is 1. The lowest BCUT2D eigenvalue weighted by molar-refractivity contribution is 0.0179. The zero-order valence-electron chi connectivity index (χ0n) is 14.7. The maximum absolute atomic E-state index is 13.9. The van der Waals surface area contributed by atoms with Crippen LogP contribution in [0.1, 0.15) is 40.5 Å². The van der Waals surface area contributed by atoms with Crippen LogP contribution in [0.3, 0.4) is 0 Å². The molecule has 0 saturated carbocycles. The quantitative estimate of drug-likeness (QED) is 0.835. The van der Waals surface area contributed by atoms with Crippen molar-refractivity contribution >= 4 is 23.4 Å². The fraction of sp³-hybridized carbons (Fsp3) is 0.611. The summed E-state index contributed by atoms with van der Waals surface area (Å²) in [5.74, 6) is 0.0271. The van der Waals surface area contributed by atoms with Crippen LogP contribution >= 0.6 is 11.6 Å². The molecule has 0 radical (unpaired) electrons. The van der Waals surface area contributed by atoms with Crippen LogP contribution in [0.2, 0.25) is 5.02 Å². The molecule has 24 heavy (non-hydrogen) atoms. The minimum Gasteiger partial charge on any atom is -0.444 e. The molecule has 1 aliphatic rings. The van der Waals surface area contributed by atoms with Crippen molar-refractivity contribution in [3.63, 3.8) is 0 Å². The molecule has 1 fully saturated rings. The molecule has 6 heteroatoms. The Morgan fingerprint density at radius 3 is 2.54 bits per heavy atom. The van der Waals surface area contributed by atoms with Crippen LogP contribution in [-0.4, -0.2) is 35.7 Å². The Balaban J connectivity index is 1.86. The first-order valence-corrected chi connectivity index (χ1v) is 8.73. The van der Waals surface area contributed by atoms with Gasteiger partial charge in [0.05, 0.1) is 5.69 Å². The van der Waals surface area contributed by atoms with Gasteiger partial charge in [-0.15, -0.1) is 0 Å². The standard InChI is InChI=1S/C18H26ClFN2O2/c1-12(21-16-6-5-14(19)11-15(16)20)13-7-9-22(10-8-13)17(23)24-18(2,3)4/h5-6,11-13,21H,7-10H2,1-4H3. The summed E-state index contributed by atoms with van der Waals surface area (Å²) >= 11 is 5.78. The van der Waals surface area contributed by atoms with Crippen LogP contribution in [0, 0.1) is 11.7 Å². The SMILES string of the molecule is CC(Nc1ccc(Cl)cc1F)C1CCN(C(=O)OC(C)(C)C)CC1. The van der Waals surface area contributed by atoms with E-state index in [1.54, 1.807) is 17.0 Å². The van der Waals surface area contributed by atoms with Gasteiger partial charge in [0.15, 0.2) is 0 Å². The summed E-state index contributed by atoms with van der Waals surface area (Å²) in [5, 5.41) is 3.61. The Morgan fingerprint density at radius 2 is 2.00 bits per heavy atom. The van der Waals surface area contributed by atoms with Gasteiger partial charge in [0, 0.05) is 24.2 Å². The molecule has 1 unspecified atom stereocenters. The average Bonchev–Trinajstić information content (AvgIpc) is 2.48. The molecule has 1 aromatic carbocycles. The van der Waals surface area contributed by atoms with Crippen LogP contribution in [0.15, 0.2) is 18.2 Å². The zero-order chi connectivity index (χ0) is 17.9. The molecular weight excluding hydrogens is 331 g/mol. The number of piperidine rings is 1. The number of hydrogen-bond acceptors (Lipinski definition) is 3. The molecule has 0 spiro atoms. The van der Waals surface area contributed by atoms with E-state index in [0.29, 0.717) is 29.7 Å². The minimum absolute atomic E-state index is 0.112. The molecule has 4 nitrogen and oxygen atoms in total. The Kier molecular flexibility index (Phi) is 5.97. The van der Waals surface area contributed by atoms with Crippen molar-refractivity contribution in [2.24, 2.45) is 5.92 Å². The lowest BCUT2D eigenvalue weighted by Gasteiger charge is -2.36. The van der Waals surface area contributed by atoms with Crippen molar-refractivity contribution in [2.75, 3.05) is 18.4 Å². The Labute approximate surface area is 148 Å². The molecule has 1 aliphatic heterocycles. The maximum atomic E-state index is 13.9. The number of ether oxygens (including phenoxy) is 1. The summed E-state index contributed by atoms with van der Waals surface area (Å²) in [4.78, 5) is 13.8. The molecule has 1 heterocycles. The van der Waals surface area contributed by atoms with Gasteiger partial charge < -0.3 is 15.0 Å². The van der Waals surface area contributed by atoms with E-state index in [-0.39, 0.29) is 18.0 Å². The molecule has 0 bridgehead atoms. The topological polar surface area (TPSA) is 41.6 Å². The van der Waals surface area contributed by atoms with Gasteiger partial charge in [0.1, 0.15) is 11.4 Å². The van der Waals surface area contributed by atoms with Gasteiger partial charge in [-0.1, -0.05) is 11.6 Å². The van der Waals surface area contributed by atoms with E-state index in [1.165, 1.54) is 6.07 Å². The second kappa shape index (κ2) is 7.60. The molecule has 1 N–H and O–H groups in total. The number of anilines is 1. The smallest absolute Gasteiger partial charge is 0.410 e. The highest BCUT2D eigenvalue weighted by Crippen LogP contribution is 2.26. The number of carbonyl (C=O) groups excluding carboxylic acids is 1. The number of halogens is 2. The summed E-state index contributed by atoms with van der Waals surface area (Å²) in [7, 11) is 0. The number of carbonyl (C=O) groups is 1. The number of nitrogens with zero attached hydrogens (tertiary/aromatic N) is 1. The van der Waals surface area contributed by atoms with E-state index in [2.05, 4.69) is 5.32 Å². The minimum atomic E-state index is -0.477. The van der Waals surface area contributed by atoms with Gasteiger partial charge >= 0.3 is 6.09 Å². The van der Waals surface area contributed by atoms with E-state index in [9.17, 15) is 9.18 Å². The summed E-state index contributed by atoms with van der Waals surface area (Å²) in [5.41, 5.74) is -0.0176. The van der Waals surface area contributed by atoms with Gasteiger partial charge in [0.2, 0.25) is 0 Å². The van der Waals surface area contributed by atoms with E-state index in [0.717, 1.165) is 12.8 Å². The summed E-state index contributed by atoms with van der Waals surface area (Å²) in [6.45, 7) is 8.96. The van der Waals surface area contributed by atoms with Crippen LogP contribution in [0.4, 0.5) is 14.9 Å².